The van der Waals surface area contributed by atoms with Crippen LogP contribution in [-0.4, -0.2) is 71.1 Å². The van der Waals surface area contributed by atoms with Crippen molar-refractivity contribution in [3.8, 4) is 0 Å². The number of nitrogens with zero attached hydrogens (tertiary/aromatic N) is 4. The van der Waals surface area contributed by atoms with E-state index in [1.54, 1.807) is 7.11 Å². The Balaban J connectivity index is 1.71. The van der Waals surface area contributed by atoms with E-state index < -0.39 is 0 Å². The molecule has 0 spiro atoms. The first kappa shape index (κ1) is 17.2. The summed E-state index contributed by atoms with van der Waals surface area (Å²) in [6, 6.07) is 0. The van der Waals surface area contributed by atoms with Crippen LogP contribution in [0.2, 0.25) is 0 Å². The van der Waals surface area contributed by atoms with E-state index in [4.69, 9.17) is 17.0 Å². The first-order chi connectivity index (χ1) is 10.6. The molecule has 7 heteroatoms. The van der Waals surface area contributed by atoms with Crippen LogP contribution in [0.5, 0.6) is 0 Å². The summed E-state index contributed by atoms with van der Waals surface area (Å²) in [5, 5.41) is 8.59. The summed E-state index contributed by atoms with van der Waals surface area (Å²) in [6.45, 7) is 8.73. The minimum atomic E-state index is 0.772. The number of thiocarbonyl (C=S) groups is 1. The Hall–Kier alpha value is -1.18. The molecule has 0 bridgehead atoms. The number of aromatic nitrogens is 2. The van der Waals surface area contributed by atoms with Crippen LogP contribution < -0.4 is 5.32 Å². The van der Waals surface area contributed by atoms with Gasteiger partial charge in [0.2, 0.25) is 0 Å². The number of hydrogen-bond acceptors (Lipinski definition) is 4. The van der Waals surface area contributed by atoms with Crippen LogP contribution in [0, 0.1) is 6.92 Å². The third-order valence-corrected chi connectivity index (χ3v) is 4.37. The van der Waals surface area contributed by atoms with Crippen LogP contribution in [0.15, 0.2) is 6.20 Å². The molecule has 1 aromatic heterocycles. The van der Waals surface area contributed by atoms with Crippen LogP contribution in [0.4, 0.5) is 0 Å². The van der Waals surface area contributed by atoms with E-state index in [1.165, 1.54) is 5.56 Å². The van der Waals surface area contributed by atoms with Crippen molar-refractivity contribution in [3.05, 3.63) is 17.5 Å². The van der Waals surface area contributed by atoms with Crippen LogP contribution in [-0.2, 0) is 18.3 Å². The van der Waals surface area contributed by atoms with E-state index in [0.717, 1.165) is 63.1 Å². The first-order valence-electron chi connectivity index (χ1n) is 7.83. The van der Waals surface area contributed by atoms with E-state index in [9.17, 15) is 0 Å². The van der Waals surface area contributed by atoms with Gasteiger partial charge >= 0.3 is 0 Å². The van der Waals surface area contributed by atoms with Gasteiger partial charge < -0.3 is 15.0 Å². The highest BCUT2D eigenvalue weighted by Crippen LogP contribution is 2.11. The van der Waals surface area contributed by atoms with Gasteiger partial charge in [0.05, 0.1) is 5.69 Å². The van der Waals surface area contributed by atoms with Crippen LogP contribution >= 0.6 is 12.2 Å². The number of hydrogen-bond donors (Lipinski definition) is 1. The molecular formula is C15H27N5OS. The zero-order valence-electron chi connectivity index (χ0n) is 13.8. The van der Waals surface area contributed by atoms with Crippen LogP contribution in [0.25, 0.3) is 0 Å². The Kier molecular flexibility index (Phi) is 6.60. The summed E-state index contributed by atoms with van der Waals surface area (Å²) in [6.07, 6.45) is 3.10. The molecule has 1 fully saturated rings. The summed E-state index contributed by atoms with van der Waals surface area (Å²) in [5.41, 5.74) is 2.44. The normalized spacial score (nSPS) is 16.0. The largest absolute Gasteiger partial charge is 0.385 e. The molecule has 1 aliphatic heterocycles. The predicted molar refractivity (Wildman–Crippen MR) is 91.9 cm³/mol. The minimum Gasteiger partial charge on any atom is -0.385 e. The second-order valence-corrected chi connectivity index (χ2v) is 6.14. The van der Waals surface area contributed by atoms with E-state index in [1.807, 2.05) is 11.7 Å². The fraction of sp³-hybridized carbons (Fsp3) is 0.733. The molecule has 2 heterocycles. The Morgan fingerprint density at radius 2 is 2.09 bits per heavy atom. The van der Waals surface area contributed by atoms with E-state index in [2.05, 4.69) is 33.3 Å². The molecule has 22 heavy (non-hydrogen) atoms. The standard InChI is InChI=1S/C15H27N5OS/c1-13-14(11-18(2)17-13)12-19-6-8-20(9-7-19)15(22)16-5-4-10-21-3/h11H,4-10,12H2,1-3H3,(H,16,22). The zero-order chi connectivity index (χ0) is 15.9. The van der Waals surface area contributed by atoms with Gasteiger partial charge in [-0.25, -0.2) is 0 Å². The van der Waals surface area contributed by atoms with Crippen molar-refractivity contribution in [2.24, 2.45) is 7.05 Å². The first-order valence-corrected chi connectivity index (χ1v) is 8.24. The number of ether oxygens (including phenoxy) is 1. The van der Waals surface area contributed by atoms with Gasteiger partial charge in [-0.05, 0) is 25.6 Å². The third-order valence-electron chi connectivity index (χ3n) is 3.97. The zero-order valence-corrected chi connectivity index (χ0v) is 14.7. The van der Waals surface area contributed by atoms with Gasteiger partial charge in [-0.15, -0.1) is 0 Å². The fourth-order valence-corrected chi connectivity index (χ4v) is 2.96. The Labute approximate surface area is 138 Å². The Morgan fingerprint density at radius 1 is 1.36 bits per heavy atom. The second kappa shape index (κ2) is 8.45. The third kappa shape index (κ3) is 4.93. The fourth-order valence-electron chi connectivity index (χ4n) is 2.68. The summed E-state index contributed by atoms with van der Waals surface area (Å²) < 4.78 is 6.93. The average Bonchev–Trinajstić information content (AvgIpc) is 2.82. The second-order valence-electron chi connectivity index (χ2n) is 5.75. The van der Waals surface area contributed by atoms with Crippen molar-refractivity contribution in [1.82, 2.24) is 24.9 Å². The van der Waals surface area contributed by atoms with Crippen molar-refractivity contribution >= 4 is 17.3 Å². The average molecular weight is 325 g/mol. The predicted octanol–water partition coefficient (Wildman–Crippen LogP) is 0.757. The molecule has 0 atom stereocenters. The number of aryl methyl sites for hydroxylation is 2. The lowest BCUT2D eigenvalue weighted by molar-refractivity contribution is 0.173. The van der Waals surface area contributed by atoms with E-state index >= 15 is 0 Å². The highest BCUT2D eigenvalue weighted by molar-refractivity contribution is 7.80. The SMILES string of the molecule is COCCCNC(=S)N1CCN(Cc2cn(C)nc2C)CC1. The molecule has 1 saturated heterocycles. The number of rotatable bonds is 6. The number of nitrogens with one attached hydrogen (secondary N) is 1. The molecule has 1 aliphatic rings. The summed E-state index contributed by atoms with van der Waals surface area (Å²) in [5.74, 6) is 0. The van der Waals surface area contributed by atoms with Crippen molar-refractivity contribution in [2.75, 3.05) is 46.4 Å². The summed E-state index contributed by atoms with van der Waals surface area (Å²) in [4.78, 5) is 4.72. The van der Waals surface area contributed by atoms with Gasteiger partial charge in [0, 0.05) is 71.8 Å². The quantitative estimate of drug-likeness (QED) is 0.615. The Bertz CT molecular complexity index is 482. The molecular weight excluding hydrogens is 298 g/mol. The lowest BCUT2D eigenvalue weighted by atomic mass is 10.2. The smallest absolute Gasteiger partial charge is 0.169 e. The van der Waals surface area contributed by atoms with E-state index in [-0.39, 0.29) is 0 Å². The van der Waals surface area contributed by atoms with Gasteiger partial charge in [0.25, 0.3) is 0 Å². The van der Waals surface area contributed by atoms with Gasteiger partial charge in [0.15, 0.2) is 5.11 Å². The van der Waals surface area contributed by atoms with Gasteiger partial charge in [-0.3, -0.25) is 9.58 Å². The molecule has 0 saturated carbocycles. The van der Waals surface area contributed by atoms with Crippen LogP contribution in [0.3, 0.4) is 0 Å². The summed E-state index contributed by atoms with van der Waals surface area (Å²) >= 11 is 5.46. The summed E-state index contributed by atoms with van der Waals surface area (Å²) in [7, 11) is 3.70. The highest BCUT2D eigenvalue weighted by atomic mass is 32.1. The monoisotopic (exact) mass is 325 g/mol. The van der Waals surface area contributed by atoms with Crippen molar-refractivity contribution in [2.45, 2.75) is 19.9 Å². The maximum absolute atomic E-state index is 5.46. The Morgan fingerprint density at radius 3 is 2.68 bits per heavy atom. The van der Waals surface area contributed by atoms with Gasteiger partial charge in [-0.1, -0.05) is 0 Å². The van der Waals surface area contributed by atoms with Crippen molar-refractivity contribution in [3.63, 3.8) is 0 Å². The highest BCUT2D eigenvalue weighted by Gasteiger charge is 2.19. The van der Waals surface area contributed by atoms with Crippen molar-refractivity contribution < 1.29 is 4.74 Å². The molecule has 1 aromatic rings. The number of piperazine rings is 1. The molecule has 0 aliphatic carbocycles. The van der Waals surface area contributed by atoms with Crippen LogP contribution in [0.1, 0.15) is 17.7 Å². The number of methoxy groups -OCH3 is 1. The lowest BCUT2D eigenvalue weighted by Gasteiger charge is -2.36. The lowest BCUT2D eigenvalue weighted by Crippen LogP contribution is -2.51. The van der Waals surface area contributed by atoms with E-state index in [0.29, 0.717) is 0 Å². The topological polar surface area (TPSA) is 45.6 Å². The maximum Gasteiger partial charge on any atom is 0.169 e. The molecule has 0 amide bonds. The molecule has 124 valence electrons. The molecule has 1 N–H and O–H groups in total. The molecule has 0 aromatic carbocycles. The maximum atomic E-state index is 5.46. The molecule has 0 unspecified atom stereocenters. The van der Waals surface area contributed by atoms with Gasteiger partial charge in [-0.2, -0.15) is 5.10 Å². The van der Waals surface area contributed by atoms with Gasteiger partial charge in [0.1, 0.15) is 0 Å². The molecule has 6 nitrogen and oxygen atoms in total. The molecule has 2 rings (SSSR count). The minimum absolute atomic E-state index is 0.772. The molecule has 0 radical (unpaired) electrons. The van der Waals surface area contributed by atoms with Crippen molar-refractivity contribution in [1.29, 1.82) is 0 Å².